The number of halogens is 3. The molecule has 1 aliphatic carbocycles. The lowest BCUT2D eigenvalue weighted by atomic mass is 9.91. The number of fused-ring (bicyclic) bond motifs is 4. The van der Waals surface area contributed by atoms with Crippen LogP contribution in [0.5, 0.6) is 0 Å². The summed E-state index contributed by atoms with van der Waals surface area (Å²) >= 11 is 0. The van der Waals surface area contributed by atoms with Gasteiger partial charge in [0.25, 0.3) is 6.17 Å². The van der Waals surface area contributed by atoms with Gasteiger partial charge < -0.3 is 14.9 Å². The summed E-state index contributed by atoms with van der Waals surface area (Å²) in [6.45, 7) is 15.7. The highest BCUT2D eigenvalue weighted by atomic mass is 31.1. The summed E-state index contributed by atoms with van der Waals surface area (Å²) in [5.41, 5.74) is 4.50. The monoisotopic (exact) mass is 568 g/mol. The molecular weight excluding hydrogens is 528 g/mol. The SMILES string of the molecule is C=CCN1c2cccc(PC(F)F)c2C2CC(N(C)c3cc(F)c(C(/C=C\C(=C)C(C)(C)O)=C/C)cc3C)C1C2. The van der Waals surface area contributed by atoms with Gasteiger partial charge in [0.2, 0.25) is 0 Å². The Balaban J connectivity index is 1.66. The number of hydrogen-bond donors (Lipinski definition) is 1. The van der Waals surface area contributed by atoms with Crippen molar-refractivity contribution in [3.8, 4) is 0 Å². The predicted molar refractivity (Wildman–Crippen MR) is 165 cm³/mol. The van der Waals surface area contributed by atoms with E-state index in [9.17, 15) is 13.9 Å². The molecule has 1 fully saturated rings. The van der Waals surface area contributed by atoms with Gasteiger partial charge in [-0.2, -0.15) is 0 Å². The van der Waals surface area contributed by atoms with Crippen molar-refractivity contribution in [2.24, 2.45) is 0 Å². The van der Waals surface area contributed by atoms with E-state index < -0.39 is 20.3 Å². The Labute approximate surface area is 238 Å². The molecule has 0 aromatic heterocycles. The lowest BCUT2D eigenvalue weighted by Gasteiger charge is -2.41. The van der Waals surface area contributed by atoms with E-state index in [1.54, 1.807) is 32.1 Å². The number of anilines is 2. The van der Waals surface area contributed by atoms with Crippen molar-refractivity contribution >= 4 is 30.8 Å². The highest BCUT2D eigenvalue weighted by Gasteiger charge is 2.46. The van der Waals surface area contributed by atoms with Gasteiger partial charge in [0.1, 0.15) is 5.82 Å². The molecule has 4 unspecified atom stereocenters. The number of alkyl halides is 2. The van der Waals surface area contributed by atoms with Crippen LogP contribution in [-0.4, -0.2) is 42.6 Å². The molecule has 1 heterocycles. The van der Waals surface area contributed by atoms with Crippen LogP contribution in [0.2, 0.25) is 0 Å². The molecule has 4 rings (SSSR count). The summed E-state index contributed by atoms with van der Waals surface area (Å²) in [6, 6.07) is 9.48. The van der Waals surface area contributed by atoms with Crippen LogP contribution in [0.3, 0.4) is 0 Å². The van der Waals surface area contributed by atoms with Crippen LogP contribution >= 0.6 is 8.58 Å². The summed E-state index contributed by atoms with van der Waals surface area (Å²) in [4.78, 5) is 4.47. The first-order valence-corrected chi connectivity index (χ1v) is 14.8. The molecule has 3 nitrogen and oxygen atoms in total. The zero-order chi connectivity index (χ0) is 29.4. The average Bonchev–Trinajstić information content (AvgIpc) is 3.27. The van der Waals surface area contributed by atoms with Crippen molar-refractivity contribution in [2.45, 2.75) is 70.3 Å². The number of benzene rings is 2. The molecule has 7 heteroatoms. The van der Waals surface area contributed by atoms with Gasteiger partial charge in [0.15, 0.2) is 0 Å². The van der Waals surface area contributed by atoms with Gasteiger partial charge in [0.05, 0.1) is 11.6 Å². The third kappa shape index (κ3) is 5.94. The minimum atomic E-state index is -2.37. The number of nitrogens with zero attached hydrogens (tertiary/aromatic N) is 2. The topological polar surface area (TPSA) is 26.7 Å². The van der Waals surface area contributed by atoms with Crippen molar-refractivity contribution in [1.29, 1.82) is 0 Å². The van der Waals surface area contributed by atoms with E-state index in [4.69, 9.17) is 0 Å². The molecule has 2 bridgehead atoms. The molecule has 0 amide bonds. The molecule has 40 heavy (non-hydrogen) atoms. The lowest BCUT2D eigenvalue weighted by molar-refractivity contribution is 0.124. The van der Waals surface area contributed by atoms with E-state index in [0.29, 0.717) is 23.3 Å². The smallest absolute Gasteiger partial charge is 0.256 e. The molecule has 2 aromatic rings. The number of rotatable bonds is 10. The van der Waals surface area contributed by atoms with Crippen molar-refractivity contribution in [3.63, 3.8) is 0 Å². The molecular formula is C33H40F3N2OP. The van der Waals surface area contributed by atoms with E-state index in [1.165, 1.54) is 0 Å². The second kappa shape index (κ2) is 12.0. The summed E-state index contributed by atoms with van der Waals surface area (Å²) in [5, 5.41) is 10.9. The van der Waals surface area contributed by atoms with Crippen LogP contribution in [0.1, 0.15) is 56.2 Å². The predicted octanol–water partition coefficient (Wildman–Crippen LogP) is 7.70. The summed E-state index contributed by atoms with van der Waals surface area (Å²) in [5.74, 6) is -0.143. The number of likely N-dealkylation sites (N-methyl/N-ethyl adjacent to an activating group) is 1. The Kier molecular flexibility index (Phi) is 9.02. The number of aryl methyl sites for hydroxylation is 1. The number of aliphatic hydroxyl groups is 1. The first-order chi connectivity index (χ1) is 18.9. The molecule has 1 aliphatic heterocycles. The molecule has 1 saturated carbocycles. The largest absolute Gasteiger partial charge is 0.386 e. The molecule has 0 saturated heterocycles. The van der Waals surface area contributed by atoms with E-state index in [1.807, 2.05) is 57.3 Å². The van der Waals surface area contributed by atoms with Crippen molar-refractivity contribution in [2.75, 3.05) is 23.4 Å². The summed E-state index contributed by atoms with van der Waals surface area (Å²) < 4.78 is 42.6. The fourth-order valence-electron chi connectivity index (χ4n) is 6.19. The molecule has 4 atom stereocenters. The third-order valence-corrected chi connectivity index (χ3v) is 9.29. The standard InChI is InChI=1S/C33H40F3N2OP/c1-8-15-38-26-11-10-12-30(40-32(35)36)31(26)23-17-28(29(38)18-23)37(7)27-19-25(34)24(16-20(27)3)22(9-2)14-13-21(4)33(5,6)39/h8-14,16,19,23,28-29,32,39-40H,1,4,15,17-18H2,2-3,5-7H3/b14-13-,22-9+. The number of hydrogen-bond acceptors (Lipinski definition) is 3. The minimum Gasteiger partial charge on any atom is -0.386 e. The van der Waals surface area contributed by atoms with Gasteiger partial charge in [-0.25, -0.2) is 13.2 Å². The zero-order valence-electron chi connectivity index (χ0n) is 24.0. The Morgan fingerprint density at radius 3 is 2.60 bits per heavy atom. The van der Waals surface area contributed by atoms with E-state index in [-0.39, 0.29) is 23.8 Å². The maximum absolute atomic E-state index is 15.7. The summed E-state index contributed by atoms with van der Waals surface area (Å²) in [6.07, 6.45) is 6.53. The fourth-order valence-corrected chi connectivity index (χ4v) is 7.11. The van der Waals surface area contributed by atoms with Gasteiger partial charge >= 0.3 is 0 Å². The van der Waals surface area contributed by atoms with E-state index in [2.05, 4.69) is 23.0 Å². The average molecular weight is 569 g/mol. The van der Waals surface area contributed by atoms with E-state index >= 15 is 4.39 Å². The Morgan fingerprint density at radius 1 is 1.25 bits per heavy atom. The van der Waals surface area contributed by atoms with Gasteiger partial charge in [-0.05, 0) is 101 Å². The maximum Gasteiger partial charge on any atom is 0.256 e. The van der Waals surface area contributed by atoms with Crippen molar-refractivity contribution in [3.05, 3.63) is 95.9 Å². The molecule has 1 N–H and O–H groups in total. The number of allylic oxidation sites excluding steroid dienone is 3. The molecule has 214 valence electrons. The first-order valence-electron chi connectivity index (χ1n) is 13.7. The zero-order valence-corrected chi connectivity index (χ0v) is 25.0. The molecule has 0 radical (unpaired) electrons. The second-order valence-corrected chi connectivity index (χ2v) is 12.6. The Hall–Kier alpha value is -2.82. The van der Waals surface area contributed by atoms with Gasteiger partial charge in [-0.3, -0.25) is 0 Å². The van der Waals surface area contributed by atoms with Crippen LogP contribution in [0.4, 0.5) is 24.5 Å². The lowest BCUT2D eigenvalue weighted by Crippen LogP contribution is -2.49. The molecule has 2 aromatic carbocycles. The van der Waals surface area contributed by atoms with E-state index in [0.717, 1.165) is 40.6 Å². The van der Waals surface area contributed by atoms with Crippen LogP contribution in [0.15, 0.2) is 73.4 Å². The Bertz CT molecular complexity index is 1340. The highest BCUT2D eigenvalue weighted by Crippen LogP contribution is 2.50. The third-order valence-electron chi connectivity index (χ3n) is 8.32. The van der Waals surface area contributed by atoms with Crippen molar-refractivity contribution < 1.29 is 18.3 Å². The molecule has 0 spiro atoms. The van der Waals surface area contributed by atoms with Crippen LogP contribution in [0, 0.1) is 12.7 Å². The first kappa shape index (κ1) is 30.1. The Morgan fingerprint density at radius 2 is 1.98 bits per heavy atom. The van der Waals surface area contributed by atoms with Crippen molar-refractivity contribution in [1.82, 2.24) is 0 Å². The second-order valence-electron chi connectivity index (χ2n) is 11.3. The maximum atomic E-state index is 15.7. The highest BCUT2D eigenvalue weighted by molar-refractivity contribution is 7.47. The summed E-state index contributed by atoms with van der Waals surface area (Å²) in [7, 11) is 1.48. The van der Waals surface area contributed by atoms with Gasteiger partial charge in [-0.1, -0.05) is 43.0 Å². The fraction of sp³-hybridized carbons (Fsp3) is 0.394. The normalized spacial score (nSPS) is 21.1. The van der Waals surface area contributed by atoms with Crippen LogP contribution in [-0.2, 0) is 0 Å². The van der Waals surface area contributed by atoms with Crippen LogP contribution < -0.4 is 15.1 Å². The quantitative estimate of drug-likeness (QED) is 0.181. The minimum absolute atomic E-state index is 0.0835. The van der Waals surface area contributed by atoms with Crippen LogP contribution in [0.25, 0.3) is 5.57 Å². The molecule has 2 aliphatic rings. The van der Waals surface area contributed by atoms with Gasteiger partial charge in [0, 0.05) is 36.6 Å². The van der Waals surface area contributed by atoms with Gasteiger partial charge in [-0.15, -0.1) is 6.58 Å².